The Balaban J connectivity index is 5.56. The summed E-state index contributed by atoms with van der Waals surface area (Å²) in [6.07, 6.45) is 0.871. The zero-order chi connectivity index (χ0) is 16.5. The van der Waals surface area contributed by atoms with Crippen LogP contribution >= 0.6 is 0 Å². The molecule has 6 nitrogen and oxygen atoms in total. The van der Waals surface area contributed by atoms with Crippen molar-refractivity contribution in [3.63, 3.8) is 0 Å². The van der Waals surface area contributed by atoms with Crippen molar-refractivity contribution in [2.45, 2.75) is 39.8 Å². The molecule has 1 atom stereocenters. The number of rotatable bonds is 9. The van der Waals surface area contributed by atoms with Crippen LogP contribution in [0.2, 0.25) is 0 Å². The summed E-state index contributed by atoms with van der Waals surface area (Å²) in [5.41, 5.74) is 0.0402. The number of hydrogen-bond donors (Lipinski definition) is 0. The first-order valence-electron chi connectivity index (χ1n) is 7.72. The standard InChI is InChI=1S/C14H33N3O3Si/c1-9-13(17(8)14(15-5)16(6)7)21(18-10-2,19-11-3)20-12-4/h13H,9-12H2,1-8H3/b15-14-. The van der Waals surface area contributed by atoms with E-state index >= 15 is 0 Å². The van der Waals surface area contributed by atoms with Crippen LogP contribution in [0.5, 0.6) is 0 Å². The first-order valence-corrected chi connectivity index (χ1v) is 9.52. The maximum atomic E-state index is 6.04. The number of hydrogen-bond acceptors (Lipinski definition) is 4. The lowest BCUT2D eigenvalue weighted by Gasteiger charge is -2.41. The highest BCUT2D eigenvalue weighted by Crippen LogP contribution is 2.22. The summed E-state index contributed by atoms with van der Waals surface area (Å²) in [5, 5.41) is 0. The van der Waals surface area contributed by atoms with Gasteiger partial charge in [0.05, 0.1) is 0 Å². The molecule has 0 aliphatic rings. The Kier molecular flexibility index (Phi) is 9.85. The van der Waals surface area contributed by atoms with Crippen LogP contribution in [-0.4, -0.2) is 78.2 Å². The average Bonchev–Trinajstić information content (AvgIpc) is 2.40. The number of guanidine groups is 1. The molecule has 0 aliphatic heterocycles. The Labute approximate surface area is 131 Å². The van der Waals surface area contributed by atoms with E-state index in [1.165, 1.54) is 0 Å². The van der Waals surface area contributed by atoms with Gasteiger partial charge in [0.1, 0.15) is 5.67 Å². The van der Waals surface area contributed by atoms with Gasteiger partial charge in [-0.1, -0.05) is 6.92 Å². The third kappa shape index (κ3) is 5.25. The van der Waals surface area contributed by atoms with Gasteiger partial charge < -0.3 is 23.1 Å². The minimum Gasteiger partial charge on any atom is -0.373 e. The monoisotopic (exact) mass is 319 g/mol. The molecule has 7 heteroatoms. The molecule has 0 heterocycles. The second-order valence-corrected chi connectivity index (χ2v) is 7.60. The number of nitrogens with zero attached hydrogens (tertiary/aromatic N) is 3. The predicted octanol–water partition coefficient (Wildman–Crippen LogP) is 1.83. The predicted molar refractivity (Wildman–Crippen MR) is 89.5 cm³/mol. The molecule has 0 N–H and O–H groups in total. The van der Waals surface area contributed by atoms with E-state index in [0.717, 1.165) is 12.4 Å². The topological polar surface area (TPSA) is 46.5 Å². The van der Waals surface area contributed by atoms with Gasteiger partial charge in [0.25, 0.3) is 0 Å². The molecule has 0 amide bonds. The summed E-state index contributed by atoms with van der Waals surface area (Å²) < 4.78 is 18.1. The molecule has 0 aliphatic carbocycles. The molecule has 0 aromatic carbocycles. The molecule has 0 saturated carbocycles. The first kappa shape index (κ1) is 20.4. The molecule has 126 valence electrons. The van der Waals surface area contributed by atoms with E-state index < -0.39 is 8.80 Å². The Hall–Kier alpha value is -0.633. The van der Waals surface area contributed by atoms with Crippen LogP contribution in [0, 0.1) is 0 Å². The molecule has 0 saturated heterocycles. The van der Waals surface area contributed by atoms with Crippen molar-refractivity contribution in [2.75, 3.05) is 48.0 Å². The zero-order valence-corrected chi connectivity index (χ0v) is 16.0. The molecule has 21 heavy (non-hydrogen) atoms. The summed E-state index contributed by atoms with van der Waals surface area (Å²) in [6.45, 7) is 9.81. The van der Waals surface area contributed by atoms with Crippen molar-refractivity contribution in [3.05, 3.63) is 0 Å². The third-order valence-electron chi connectivity index (χ3n) is 3.21. The van der Waals surface area contributed by atoms with Crippen molar-refractivity contribution in [2.24, 2.45) is 4.99 Å². The van der Waals surface area contributed by atoms with Crippen LogP contribution in [0.3, 0.4) is 0 Å². The highest BCUT2D eigenvalue weighted by Gasteiger charge is 2.51. The highest BCUT2D eigenvalue weighted by molar-refractivity contribution is 6.62. The van der Waals surface area contributed by atoms with Gasteiger partial charge in [0, 0.05) is 48.0 Å². The van der Waals surface area contributed by atoms with Crippen molar-refractivity contribution >= 4 is 14.8 Å². The lowest BCUT2D eigenvalue weighted by Crippen LogP contribution is -2.64. The normalized spacial score (nSPS) is 14.2. The van der Waals surface area contributed by atoms with Gasteiger partial charge in [-0.15, -0.1) is 0 Å². The second-order valence-electron chi connectivity index (χ2n) is 4.86. The smallest absolute Gasteiger partial charge is 0.373 e. The van der Waals surface area contributed by atoms with Gasteiger partial charge in [-0.25, -0.2) is 0 Å². The van der Waals surface area contributed by atoms with Crippen LogP contribution in [-0.2, 0) is 13.3 Å². The van der Waals surface area contributed by atoms with Crippen LogP contribution in [0.1, 0.15) is 34.1 Å². The molecule has 0 rings (SSSR count). The van der Waals surface area contributed by atoms with Crippen LogP contribution in [0.15, 0.2) is 4.99 Å². The van der Waals surface area contributed by atoms with Gasteiger partial charge in [0.15, 0.2) is 5.96 Å². The van der Waals surface area contributed by atoms with E-state index in [1.807, 2.05) is 46.8 Å². The number of aliphatic imine (C=N–C) groups is 1. The molecule has 0 bridgehead atoms. The van der Waals surface area contributed by atoms with Gasteiger partial charge in [-0.05, 0) is 27.2 Å². The van der Waals surface area contributed by atoms with Crippen LogP contribution < -0.4 is 0 Å². The van der Waals surface area contributed by atoms with E-state index in [9.17, 15) is 0 Å². The fourth-order valence-electron chi connectivity index (χ4n) is 2.59. The van der Waals surface area contributed by atoms with Crippen molar-refractivity contribution < 1.29 is 13.3 Å². The molecule has 0 aromatic rings. The zero-order valence-electron chi connectivity index (χ0n) is 15.0. The maximum absolute atomic E-state index is 6.04. The maximum Gasteiger partial charge on any atom is 0.524 e. The fraction of sp³-hybridized carbons (Fsp3) is 0.929. The molecule has 1 unspecified atom stereocenters. The highest BCUT2D eigenvalue weighted by atomic mass is 28.4. The van der Waals surface area contributed by atoms with Gasteiger partial charge >= 0.3 is 8.80 Å². The summed E-state index contributed by atoms with van der Waals surface area (Å²) in [5.74, 6) is 0.887. The van der Waals surface area contributed by atoms with E-state index in [1.54, 1.807) is 7.05 Å². The molecule has 0 fully saturated rings. The summed E-state index contributed by atoms with van der Waals surface area (Å²) in [4.78, 5) is 8.48. The summed E-state index contributed by atoms with van der Waals surface area (Å²) in [6, 6.07) is 0. The molecular formula is C14H33N3O3Si. The van der Waals surface area contributed by atoms with E-state index in [0.29, 0.717) is 19.8 Å². The molecule has 0 radical (unpaired) electrons. The van der Waals surface area contributed by atoms with E-state index in [2.05, 4.69) is 16.8 Å². The van der Waals surface area contributed by atoms with E-state index in [4.69, 9.17) is 13.3 Å². The Morgan fingerprint density at radius 3 is 1.62 bits per heavy atom. The molecule has 0 aromatic heterocycles. The lowest BCUT2D eigenvalue weighted by atomic mass is 10.4. The SMILES string of the molecule is CCO[Si](OCC)(OCC)C(CC)N(C)/C(=N\C)N(C)C. The minimum absolute atomic E-state index is 0.0402. The third-order valence-corrected chi connectivity index (χ3v) is 6.90. The van der Waals surface area contributed by atoms with Crippen molar-refractivity contribution in [1.29, 1.82) is 0 Å². The lowest BCUT2D eigenvalue weighted by molar-refractivity contribution is 0.0469. The largest absolute Gasteiger partial charge is 0.524 e. The fourth-order valence-corrected chi connectivity index (χ4v) is 5.71. The Morgan fingerprint density at radius 1 is 0.952 bits per heavy atom. The quantitative estimate of drug-likeness (QED) is 0.369. The van der Waals surface area contributed by atoms with Crippen molar-refractivity contribution in [3.8, 4) is 0 Å². The van der Waals surface area contributed by atoms with Gasteiger partial charge in [0.2, 0.25) is 0 Å². The molecular weight excluding hydrogens is 286 g/mol. The summed E-state index contributed by atoms with van der Waals surface area (Å²) in [7, 11) is 4.99. The second kappa shape index (κ2) is 10.2. The van der Waals surface area contributed by atoms with Gasteiger partial charge in [-0.3, -0.25) is 4.99 Å². The Morgan fingerprint density at radius 2 is 1.38 bits per heavy atom. The first-order chi connectivity index (χ1) is 9.93. The Bertz CT molecular complexity index is 297. The van der Waals surface area contributed by atoms with Crippen LogP contribution in [0.25, 0.3) is 0 Å². The van der Waals surface area contributed by atoms with Crippen molar-refractivity contribution in [1.82, 2.24) is 9.80 Å². The van der Waals surface area contributed by atoms with E-state index in [-0.39, 0.29) is 5.67 Å². The molecule has 0 spiro atoms. The average molecular weight is 320 g/mol. The summed E-state index contributed by atoms with van der Waals surface area (Å²) >= 11 is 0. The van der Waals surface area contributed by atoms with Gasteiger partial charge in [-0.2, -0.15) is 0 Å². The minimum atomic E-state index is -2.79. The van der Waals surface area contributed by atoms with Crippen LogP contribution in [0.4, 0.5) is 0 Å².